The molecule has 1 saturated carbocycles. The first-order valence-corrected chi connectivity index (χ1v) is 8.04. The van der Waals surface area contributed by atoms with E-state index in [2.05, 4.69) is 25.5 Å². The zero-order valence-corrected chi connectivity index (χ0v) is 14.0. The smallest absolute Gasteiger partial charge is 0.0973 e. The summed E-state index contributed by atoms with van der Waals surface area (Å²) >= 11 is 0. The molecule has 1 fully saturated rings. The summed E-state index contributed by atoms with van der Waals surface area (Å²) in [5, 5.41) is 11.0. The molecule has 0 heterocycles. The monoisotopic (exact) mass is 293 g/mol. The molecule has 1 aliphatic rings. The quantitative estimate of drug-likeness (QED) is 0.815. The van der Waals surface area contributed by atoms with Crippen molar-refractivity contribution in [3.8, 4) is 0 Å². The lowest BCUT2D eigenvalue weighted by atomic mass is 9.66. The van der Waals surface area contributed by atoms with Crippen LogP contribution in [0.2, 0.25) is 0 Å². The molecule has 0 unspecified atom stereocenters. The van der Waals surface area contributed by atoms with E-state index >= 15 is 0 Å². The van der Waals surface area contributed by atoms with E-state index in [1.807, 2.05) is 20.8 Å². The predicted molar refractivity (Wildman–Crippen MR) is 81.3 cm³/mol. The maximum atomic E-state index is 12.2. The van der Waals surface area contributed by atoms with Crippen molar-refractivity contribution in [2.45, 2.75) is 83.6 Å². The van der Waals surface area contributed by atoms with Crippen molar-refractivity contribution in [2.75, 3.05) is 0 Å². The Labute approximate surface area is 120 Å². The first-order chi connectivity index (χ1) is 7.98. The Morgan fingerprint density at radius 2 is 1.68 bits per heavy atom. The van der Waals surface area contributed by atoms with Crippen LogP contribution in [0.4, 0.5) is 0 Å². The second-order valence-corrected chi connectivity index (χ2v) is 9.47. The molecule has 0 aromatic rings. The third-order valence-corrected chi connectivity index (χ3v) is 5.59. The summed E-state index contributed by atoms with van der Waals surface area (Å²) in [5.41, 5.74) is -0.973. The fourth-order valence-electron chi connectivity index (χ4n) is 2.52. The summed E-state index contributed by atoms with van der Waals surface area (Å²) in [6.45, 7) is 12.0. The van der Waals surface area contributed by atoms with Gasteiger partial charge in [-0.15, -0.1) is 0 Å². The van der Waals surface area contributed by atoms with Gasteiger partial charge in [0, 0.05) is 6.04 Å². The Hall–Kier alpha value is 0.0300. The molecule has 0 bridgehead atoms. The van der Waals surface area contributed by atoms with E-state index in [4.69, 9.17) is 0 Å². The normalized spacial score (nSPS) is 30.6. The highest BCUT2D eigenvalue weighted by molar-refractivity contribution is 7.84. The summed E-state index contributed by atoms with van der Waals surface area (Å²) in [6.07, 6.45) is 3.83. The molecule has 19 heavy (non-hydrogen) atoms. The highest BCUT2D eigenvalue weighted by atomic mass is 32.2. The van der Waals surface area contributed by atoms with Crippen molar-refractivity contribution >= 4 is 11.0 Å². The molecular weight excluding hydrogens is 262 g/mol. The lowest BCUT2D eigenvalue weighted by molar-refractivity contribution is -0.102. The maximum absolute atomic E-state index is 12.2. The summed E-state index contributed by atoms with van der Waals surface area (Å²) in [6, 6.07) is -0.0775. The van der Waals surface area contributed by atoms with Crippen molar-refractivity contribution in [3.05, 3.63) is 0 Å². The minimum Gasteiger partial charge on any atom is -0.412 e. The largest absolute Gasteiger partial charge is 0.412 e. The van der Waals surface area contributed by atoms with E-state index in [1.165, 1.54) is 0 Å². The molecule has 0 amide bonds. The zero-order chi connectivity index (χ0) is 14.2. The van der Waals surface area contributed by atoms with Gasteiger partial charge < -0.3 is 10.6 Å². The van der Waals surface area contributed by atoms with Crippen LogP contribution in [-0.4, -0.2) is 31.2 Å². The number of hydrogen-bond donors (Lipinski definition) is 2. The van der Waals surface area contributed by atoms with Gasteiger partial charge in [-0.3, -0.25) is 0 Å². The van der Waals surface area contributed by atoms with Crippen LogP contribution in [0.1, 0.15) is 67.2 Å². The molecule has 3 atom stereocenters. The number of hydrogen-bond acceptors (Lipinski definition) is 2. The molecule has 1 aliphatic carbocycles. The van der Waals surface area contributed by atoms with Crippen LogP contribution in [0.3, 0.4) is 0 Å². The Morgan fingerprint density at radius 1 is 1.16 bits per heavy atom. The van der Waals surface area contributed by atoms with Gasteiger partial charge in [-0.1, -0.05) is 33.6 Å². The van der Waals surface area contributed by atoms with E-state index in [-0.39, 0.29) is 21.7 Å². The molecule has 0 aromatic carbocycles. The Kier molecular flexibility index (Phi) is 6.21. The second-order valence-electron chi connectivity index (χ2n) is 7.47. The van der Waals surface area contributed by atoms with Crippen LogP contribution in [0.15, 0.2) is 0 Å². The average molecular weight is 293 g/mol. The van der Waals surface area contributed by atoms with Crippen LogP contribution >= 0.6 is 0 Å². The van der Waals surface area contributed by atoms with Crippen molar-refractivity contribution in [1.82, 2.24) is 4.72 Å². The molecule has 4 nitrogen and oxygen atoms in total. The van der Waals surface area contributed by atoms with Crippen molar-refractivity contribution in [1.29, 1.82) is 0 Å². The van der Waals surface area contributed by atoms with Gasteiger partial charge in [0.2, 0.25) is 0 Å². The van der Waals surface area contributed by atoms with Gasteiger partial charge in [0.25, 0.3) is 0 Å². The van der Waals surface area contributed by atoms with Gasteiger partial charge in [-0.2, -0.15) is 0 Å². The first-order valence-electron chi connectivity index (χ1n) is 6.89. The molecule has 0 radical (unpaired) electrons. The molecule has 0 aromatic heterocycles. The zero-order valence-electron chi connectivity index (χ0n) is 13.2. The van der Waals surface area contributed by atoms with Crippen LogP contribution in [0.5, 0.6) is 0 Å². The molecular formula is C14H31NO3S. The van der Waals surface area contributed by atoms with E-state index in [9.17, 15) is 9.32 Å². The molecule has 0 aliphatic heterocycles. The molecule has 5 heteroatoms. The van der Waals surface area contributed by atoms with Crippen LogP contribution in [-0.2, 0) is 11.0 Å². The van der Waals surface area contributed by atoms with E-state index in [0.717, 1.165) is 25.7 Å². The minimum atomic E-state index is -1.13. The van der Waals surface area contributed by atoms with Crippen molar-refractivity contribution in [2.24, 2.45) is 5.41 Å². The number of rotatable bonds is 2. The van der Waals surface area contributed by atoms with Gasteiger partial charge in [0.1, 0.15) is 0 Å². The van der Waals surface area contributed by atoms with Gasteiger partial charge in [-0.05, 0) is 39.0 Å². The van der Waals surface area contributed by atoms with Gasteiger partial charge in [-0.25, -0.2) is 8.93 Å². The SMILES string of the molecule is CC(C)(C)[S@@](=O)N[C@H]1CCCC[C@@]1(O)C(C)(C)C.O. The fourth-order valence-corrected chi connectivity index (χ4v) is 3.44. The second kappa shape index (κ2) is 6.20. The minimum absolute atomic E-state index is 0. The van der Waals surface area contributed by atoms with Gasteiger partial charge >= 0.3 is 0 Å². The Morgan fingerprint density at radius 3 is 2.11 bits per heavy atom. The van der Waals surface area contributed by atoms with Crippen LogP contribution in [0, 0.1) is 5.41 Å². The topological polar surface area (TPSA) is 80.8 Å². The third kappa shape index (κ3) is 4.25. The number of aliphatic hydroxyl groups is 1. The van der Waals surface area contributed by atoms with Crippen LogP contribution < -0.4 is 4.72 Å². The summed E-state index contributed by atoms with van der Waals surface area (Å²) in [4.78, 5) is 0. The highest BCUT2D eigenvalue weighted by Gasteiger charge is 2.48. The van der Waals surface area contributed by atoms with Crippen LogP contribution in [0.25, 0.3) is 0 Å². The maximum Gasteiger partial charge on any atom is 0.0973 e. The standard InChI is InChI=1S/C14H29NO2S.H2O/c1-12(2,3)14(16)10-8-7-9-11(14)15-18(17)13(4,5)6;/h11,15-16H,7-10H2,1-6H3;1H2/t11-,14-,18+;/m0./s1. The lowest BCUT2D eigenvalue weighted by Gasteiger charge is -2.49. The van der Waals surface area contributed by atoms with E-state index in [0.29, 0.717) is 0 Å². The van der Waals surface area contributed by atoms with Gasteiger partial charge in [0.05, 0.1) is 21.3 Å². The summed E-state index contributed by atoms with van der Waals surface area (Å²) in [7, 11) is -1.13. The molecule has 1 rings (SSSR count). The van der Waals surface area contributed by atoms with Crippen molar-refractivity contribution in [3.63, 3.8) is 0 Å². The molecule has 116 valence electrons. The van der Waals surface area contributed by atoms with E-state index in [1.54, 1.807) is 0 Å². The third-order valence-electron chi connectivity index (χ3n) is 3.98. The lowest BCUT2D eigenvalue weighted by Crippen LogP contribution is -2.61. The highest BCUT2D eigenvalue weighted by Crippen LogP contribution is 2.42. The Bertz CT molecular complexity index is 320. The number of nitrogens with one attached hydrogen (secondary N) is 1. The summed E-state index contributed by atoms with van der Waals surface area (Å²) < 4.78 is 15.1. The van der Waals surface area contributed by atoms with Gasteiger partial charge in [0.15, 0.2) is 0 Å². The first kappa shape index (κ1) is 19.0. The molecule has 0 spiro atoms. The fraction of sp³-hybridized carbons (Fsp3) is 1.00. The van der Waals surface area contributed by atoms with Crippen molar-refractivity contribution < 1.29 is 14.8 Å². The molecule has 0 saturated heterocycles. The average Bonchev–Trinajstić information content (AvgIpc) is 2.18. The molecule has 4 N–H and O–H groups in total. The summed E-state index contributed by atoms with van der Waals surface area (Å²) in [5.74, 6) is 0. The Balaban J connectivity index is 0.00000324. The van der Waals surface area contributed by atoms with E-state index < -0.39 is 16.6 Å². The predicted octanol–water partition coefficient (Wildman–Crippen LogP) is 1.93.